The van der Waals surface area contributed by atoms with Gasteiger partial charge in [0.2, 0.25) is 11.8 Å². The van der Waals surface area contributed by atoms with E-state index in [4.69, 9.17) is 11.6 Å². The highest BCUT2D eigenvalue weighted by molar-refractivity contribution is 8.15. The molecule has 3 rings (SSSR count). The summed E-state index contributed by atoms with van der Waals surface area (Å²) in [4.78, 5) is 24.0. The molecule has 2 aromatic carbocycles. The molecule has 1 heterocycles. The molecule has 0 radical (unpaired) electrons. The number of hydrogen-bond donors (Lipinski definition) is 2. The molecule has 8 heteroatoms. The molecule has 0 bridgehead atoms. The van der Waals surface area contributed by atoms with Crippen LogP contribution in [0, 0.1) is 0 Å². The number of benzene rings is 2. The standard InChI is InChI=1S/C18H15ClN4O2S/c19-13-8-6-12(7-9-13)11-20-23-18-22-17(25)15(26-18)10-16(24)21-14-4-2-1-3-5-14/h1-9,11,15H,10H2,(H,21,24)(H,22,23,25)/b20-11+. The average molecular weight is 387 g/mol. The second-order valence-electron chi connectivity index (χ2n) is 5.42. The maximum Gasteiger partial charge on any atom is 0.240 e. The third-order valence-electron chi connectivity index (χ3n) is 3.43. The van der Waals surface area contributed by atoms with Crippen LogP contribution in [-0.2, 0) is 9.59 Å². The number of amidine groups is 1. The molecule has 1 fully saturated rings. The molecule has 0 aromatic heterocycles. The van der Waals surface area contributed by atoms with Crippen LogP contribution in [0.3, 0.4) is 0 Å². The van der Waals surface area contributed by atoms with Crippen LogP contribution in [0.1, 0.15) is 12.0 Å². The summed E-state index contributed by atoms with van der Waals surface area (Å²) in [6.07, 6.45) is 1.62. The van der Waals surface area contributed by atoms with E-state index in [-0.39, 0.29) is 18.2 Å². The molecule has 2 N–H and O–H groups in total. The summed E-state index contributed by atoms with van der Waals surface area (Å²) in [7, 11) is 0. The molecule has 1 unspecified atom stereocenters. The van der Waals surface area contributed by atoms with Crippen LogP contribution in [-0.4, -0.2) is 28.4 Å². The van der Waals surface area contributed by atoms with Gasteiger partial charge in [-0.25, -0.2) is 0 Å². The summed E-state index contributed by atoms with van der Waals surface area (Å²) < 4.78 is 0. The van der Waals surface area contributed by atoms with Crippen molar-refractivity contribution >= 4 is 52.2 Å². The Labute approximate surface area is 159 Å². The lowest BCUT2D eigenvalue weighted by Crippen LogP contribution is -2.28. The van der Waals surface area contributed by atoms with Gasteiger partial charge in [0.1, 0.15) is 5.25 Å². The van der Waals surface area contributed by atoms with Crippen molar-refractivity contribution in [2.45, 2.75) is 11.7 Å². The maximum absolute atomic E-state index is 12.1. The molecule has 132 valence electrons. The first kappa shape index (κ1) is 18.2. The van der Waals surface area contributed by atoms with Crippen molar-refractivity contribution in [3.8, 4) is 0 Å². The number of nitrogens with zero attached hydrogens (tertiary/aromatic N) is 2. The summed E-state index contributed by atoms with van der Waals surface area (Å²) in [5.74, 6) is -0.478. The minimum atomic E-state index is -0.525. The summed E-state index contributed by atoms with van der Waals surface area (Å²) in [5.41, 5.74) is 1.54. The monoisotopic (exact) mass is 386 g/mol. The van der Waals surface area contributed by atoms with E-state index < -0.39 is 5.25 Å². The smallest absolute Gasteiger partial charge is 0.240 e. The predicted octanol–water partition coefficient (Wildman–Crippen LogP) is 3.29. The number of rotatable bonds is 5. The Hall–Kier alpha value is -2.64. The fourth-order valence-electron chi connectivity index (χ4n) is 2.19. The van der Waals surface area contributed by atoms with Crippen molar-refractivity contribution < 1.29 is 9.59 Å². The first-order chi connectivity index (χ1) is 12.6. The molecule has 1 atom stereocenters. The van der Waals surface area contributed by atoms with Gasteiger partial charge in [-0.3, -0.25) is 9.59 Å². The number of para-hydroxylation sites is 1. The van der Waals surface area contributed by atoms with Crippen LogP contribution in [0.15, 0.2) is 64.8 Å². The van der Waals surface area contributed by atoms with Gasteiger partial charge in [0, 0.05) is 17.1 Å². The van der Waals surface area contributed by atoms with E-state index >= 15 is 0 Å². The van der Waals surface area contributed by atoms with Gasteiger partial charge < -0.3 is 10.6 Å². The highest BCUT2D eigenvalue weighted by Crippen LogP contribution is 2.23. The number of anilines is 1. The Balaban J connectivity index is 1.54. The molecule has 0 aliphatic carbocycles. The molecular weight excluding hydrogens is 372 g/mol. The number of carbonyl (C=O) groups is 2. The summed E-state index contributed by atoms with van der Waals surface area (Å²) in [5, 5.41) is 13.8. The molecule has 2 amide bonds. The number of amides is 2. The Morgan fingerprint density at radius 1 is 1.19 bits per heavy atom. The van der Waals surface area contributed by atoms with E-state index in [1.165, 1.54) is 11.8 Å². The van der Waals surface area contributed by atoms with Gasteiger partial charge in [0.05, 0.1) is 6.21 Å². The number of nitrogens with one attached hydrogen (secondary N) is 2. The van der Waals surface area contributed by atoms with Crippen molar-refractivity contribution in [2.75, 3.05) is 5.32 Å². The lowest BCUT2D eigenvalue weighted by atomic mass is 10.2. The van der Waals surface area contributed by atoms with Gasteiger partial charge in [-0.05, 0) is 29.8 Å². The van der Waals surface area contributed by atoms with Crippen molar-refractivity contribution in [3.63, 3.8) is 0 Å². The van der Waals surface area contributed by atoms with E-state index in [1.54, 1.807) is 30.5 Å². The summed E-state index contributed by atoms with van der Waals surface area (Å²) in [6.45, 7) is 0. The molecular formula is C18H15ClN4O2S. The SMILES string of the molecule is O=C(CC1S/C(=N\N=C\c2ccc(Cl)cc2)NC1=O)Nc1ccccc1. The highest BCUT2D eigenvalue weighted by atomic mass is 35.5. The number of carbonyl (C=O) groups excluding carboxylic acids is 2. The topological polar surface area (TPSA) is 82.9 Å². The van der Waals surface area contributed by atoms with Crippen molar-refractivity contribution in [1.29, 1.82) is 0 Å². The first-order valence-electron chi connectivity index (χ1n) is 7.79. The van der Waals surface area contributed by atoms with E-state index in [2.05, 4.69) is 20.8 Å². The normalized spacial score (nSPS) is 18.3. The lowest BCUT2D eigenvalue weighted by molar-refractivity contribution is -0.122. The third-order valence-corrected chi connectivity index (χ3v) is 4.75. The van der Waals surface area contributed by atoms with Gasteiger partial charge in [-0.1, -0.05) is 53.7 Å². The van der Waals surface area contributed by atoms with Crippen LogP contribution in [0.5, 0.6) is 0 Å². The predicted molar refractivity (Wildman–Crippen MR) is 106 cm³/mol. The third kappa shape index (κ3) is 5.18. The molecule has 1 aliphatic heterocycles. The number of halogens is 1. The number of thioether (sulfide) groups is 1. The maximum atomic E-state index is 12.1. The minimum Gasteiger partial charge on any atom is -0.326 e. The molecule has 2 aromatic rings. The van der Waals surface area contributed by atoms with Crippen LogP contribution < -0.4 is 10.6 Å². The molecule has 1 saturated heterocycles. The molecule has 26 heavy (non-hydrogen) atoms. The molecule has 6 nitrogen and oxygen atoms in total. The van der Waals surface area contributed by atoms with Gasteiger partial charge in [-0.15, -0.1) is 5.10 Å². The van der Waals surface area contributed by atoms with Crippen molar-refractivity contribution in [1.82, 2.24) is 5.32 Å². The summed E-state index contributed by atoms with van der Waals surface area (Å²) >= 11 is 7.01. The van der Waals surface area contributed by atoms with Crippen molar-refractivity contribution in [3.05, 3.63) is 65.2 Å². The Bertz CT molecular complexity index is 853. The second-order valence-corrected chi connectivity index (χ2v) is 7.04. The quantitative estimate of drug-likeness (QED) is 0.611. The van der Waals surface area contributed by atoms with Gasteiger partial charge >= 0.3 is 0 Å². The molecule has 0 spiro atoms. The van der Waals surface area contributed by atoms with Gasteiger partial charge in [-0.2, -0.15) is 5.10 Å². The molecule has 0 saturated carbocycles. The zero-order valence-corrected chi connectivity index (χ0v) is 15.1. The van der Waals surface area contributed by atoms with E-state index in [0.717, 1.165) is 5.56 Å². The molecule has 1 aliphatic rings. The zero-order chi connectivity index (χ0) is 18.4. The van der Waals surface area contributed by atoms with Gasteiger partial charge in [0.25, 0.3) is 0 Å². The average Bonchev–Trinajstić information content (AvgIpc) is 2.97. The van der Waals surface area contributed by atoms with Crippen LogP contribution in [0.25, 0.3) is 0 Å². The summed E-state index contributed by atoms with van der Waals surface area (Å²) in [6, 6.07) is 16.2. The van der Waals surface area contributed by atoms with Crippen LogP contribution in [0.2, 0.25) is 5.02 Å². The zero-order valence-electron chi connectivity index (χ0n) is 13.6. The van der Waals surface area contributed by atoms with E-state index in [0.29, 0.717) is 15.9 Å². The highest BCUT2D eigenvalue weighted by Gasteiger charge is 2.32. The fourth-order valence-corrected chi connectivity index (χ4v) is 3.24. The Kier molecular flexibility index (Phi) is 6.04. The van der Waals surface area contributed by atoms with Gasteiger partial charge in [0.15, 0.2) is 5.17 Å². The van der Waals surface area contributed by atoms with Crippen LogP contribution >= 0.6 is 23.4 Å². The second kappa shape index (κ2) is 8.64. The minimum absolute atomic E-state index is 0.0608. The van der Waals surface area contributed by atoms with E-state index in [9.17, 15) is 9.59 Å². The number of hydrogen-bond acceptors (Lipinski definition) is 5. The Morgan fingerprint density at radius 2 is 1.92 bits per heavy atom. The largest absolute Gasteiger partial charge is 0.326 e. The first-order valence-corrected chi connectivity index (χ1v) is 9.05. The Morgan fingerprint density at radius 3 is 2.65 bits per heavy atom. The fraction of sp³-hybridized carbons (Fsp3) is 0.111. The van der Waals surface area contributed by atoms with Crippen LogP contribution in [0.4, 0.5) is 5.69 Å². The lowest BCUT2D eigenvalue weighted by Gasteiger charge is -2.06. The van der Waals surface area contributed by atoms with E-state index in [1.807, 2.05) is 30.3 Å². The van der Waals surface area contributed by atoms with Crippen molar-refractivity contribution in [2.24, 2.45) is 10.2 Å².